The second-order valence-corrected chi connectivity index (χ2v) is 6.21. The molecule has 7 nitrogen and oxygen atoms in total. The summed E-state index contributed by atoms with van der Waals surface area (Å²) in [6.45, 7) is 0.224. The predicted octanol–water partition coefficient (Wildman–Crippen LogP) is 2.43. The number of carbonyl (C=O) groups excluding carboxylic acids is 3. The van der Waals surface area contributed by atoms with Crippen LogP contribution in [0.5, 0.6) is 0 Å². The molecule has 3 aromatic rings. The topological polar surface area (TPSA) is 92.3 Å². The highest BCUT2D eigenvalue weighted by molar-refractivity contribution is 6.13. The number of amides is 3. The highest BCUT2D eigenvalue weighted by atomic mass is 16.2. The van der Waals surface area contributed by atoms with Gasteiger partial charge in [-0.05, 0) is 30.7 Å². The lowest BCUT2D eigenvalue weighted by molar-refractivity contribution is -0.137. The first kappa shape index (κ1) is 16.8. The minimum Gasteiger partial charge on any atom is -0.325 e. The summed E-state index contributed by atoms with van der Waals surface area (Å²) in [5.41, 5.74) is 2.17. The number of hydrogen-bond donors (Lipinski definition) is 1. The first-order chi connectivity index (χ1) is 13.1. The Bertz CT molecular complexity index is 1090. The zero-order chi connectivity index (χ0) is 18.8. The lowest BCUT2D eigenvalue weighted by Crippen LogP contribution is -2.31. The van der Waals surface area contributed by atoms with E-state index in [0.717, 1.165) is 26.7 Å². The predicted molar refractivity (Wildman–Crippen MR) is 101 cm³/mol. The number of carbonyl (C=O) groups is 3. The van der Waals surface area contributed by atoms with Gasteiger partial charge in [0.25, 0.3) is 11.8 Å². The highest BCUT2D eigenvalue weighted by Gasteiger charge is 2.22. The van der Waals surface area contributed by atoms with Crippen LogP contribution in [0.3, 0.4) is 0 Å². The molecule has 0 unspecified atom stereocenters. The Balaban J connectivity index is 1.50. The van der Waals surface area contributed by atoms with E-state index in [1.54, 1.807) is 12.4 Å². The Morgan fingerprint density at radius 3 is 2.48 bits per heavy atom. The van der Waals surface area contributed by atoms with E-state index < -0.39 is 0 Å². The Hall–Kier alpha value is -3.61. The van der Waals surface area contributed by atoms with Gasteiger partial charge in [0.15, 0.2) is 0 Å². The molecule has 0 saturated carbocycles. The van der Waals surface area contributed by atoms with E-state index in [1.165, 1.54) is 12.2 Å². The van der Waals surface area contributed by atoms with Crippen molar-refractivity contribution < 1.29 is 14.4 Å². The lowest BCUT2D eigenvalue weighted by atomic mass is 10.1. The Morgan fingerprint density at radius 2 is 1.70 bits per heavy atom. The molecule has 27 heavy (non-hydrogen) atoms. The quantitative estimate of drug-likeness (QED) is 0.557. The fraction of sp³-hybridized carbons (Fsp3) is 0.150. The van der Waals surface area contributed by atoms with E-state index in [-0.39, 0.29) is 30.7 Å². The molecular weight excluding hydrogens is 344 g/mol. The summed E-state index contributed by atoms with van der Waals surface area (Å²) < 4.78 is 0. The fourth-order valence-corrected chi connectivity index (χ4v) is 3.14. The molecule has 0 bridgehead atoms. The van der Waals surface area contributed by atoms with Crippen molar-refractivity contribution in [1.82, 2.24) is 14.9 Å². The summed E-state index contributed by atoms with van der Waals surface area (Å²) in [6.07, 6.45) is 6.49. The zero-order valence-electron chi connectivity index (χ0n) is 14.4. The van der Waals surface area contributed by atoms with Gasteiger partial charge >= 0.3 is 0 Å². The Kier molecular flexibility index (Phi) is 4.33. The summed E-state index contributed by atoms with van der Waals surface area (Å²) in [5, 5.41) is 4.61. The van der Waals surface area contributed by atoms with E-state index in [9.17, 15) is 14.4 Å². The van der Waals surface area contributed by atoms with Crippen molar-refractivity contribution in [2.24, 2.45) is 0 Å². The van der Waals surface area contributed by atoms with Crippen molar-refractivity contribution in [3.63, 3.8) is 0 Å². The molecule has 0 saturated heterocycles. The number of aromatic nitrogens is 2. The van der Waals surface area contributed by atoms with E-state index in [1.807, 2.05) is 30.3 Å². The Labute approximate surface area is 154 Å². The summed E-state index contributed by atoms with van der Waals surface area (Å²) in [4.78, 5) is 45.4. The average molecular weight is 360 g/mol. The third-order valence-electron chi connectivity index (χ3n) is 4.42. The maximum Gasteiger partial charge on any atom is 0.253 e. The third kappa shape index (κ3) is 3.27. The van der Waals surface area contributed by atoms with Gasteiger partial charge in [0, 0.05) is 48.3 Å². The van der Waals surface area contributed by atoms with Gasteiger partial charge < -0.3 is 5.32 Å². The van der Waals surface area contributed by atoms with Crippen LogP contribution >= 0.6 is 0 Å². The van der Waals surface area contributed by atoms with Crippen molar-refractivity contribution >= 4 is 45.2 Å². The second-order valence-electron chi connectivity index (χ2n) is 6.21. The molecule has 0 spiro atoms. The highest BCUT2D eigenvalue weighted by Crippen LogP contribution is 2.29. The number of hydrogen-bond acceptors (Lipinski definition) is 5. The molecule has 0 fully saturated rings. The number of nitrogens with zero attached hydrogens (tertiary/aromatic N) is 3. The molecule has 134 valence electrons. The molecule has 1 N–H and O–H groups in total. The Morgan fingerprint density at radius 1 is 1.00 bits per heavy atom. The standard InChI is InChI=1S/C20H16N4O3/c25-16(6-3-11-24-17(26)7-8-18(24)27)23-15-12-13-4-1-9-21-19(13)20-14(15)5-2-10-22-20/h1-2,4-5,7-10,12H,3,6,11H2,(H,23,25). The first-order valence-electron chi connectivity index (χ1n) is 8.59. The lowest BCUT2D eigenvalue weighted by Gasteiger charge is -2.14. The van der Waals surface area contributed by atoms with E-state index in [2.05, 4.69) is 15.3 Å². The first-order valence-corrected chi connectivity index (χ1v) is 8.59. The molecule has 1 aliphatic rings. The monoisotopic (exact) mass is 360 g/mol. The molecular formula is C20H16N4O3. The summed E-state index contributed by atoms with van der Waals surface area (Å²) in [7, 11) is 0. The van der Waals surface area contributed by atoms with Gasteiger partial charge in [-0.1, -0.05) is 6.07 Å². The van der Waals surface area contributed by atoms with Crippen LogP contribution in [0.15, 0.2) is 54.9 Å². The molecule has 0 atom stereocenters. The van der Waals surface area contributed by atoms with Crippen molar-refractivity contribution in [1.29, 1.82) is 0 Å². The molecule has 0 radical (unpaired) electrons. The molecule has 3 heterocycles. The summed E-state index contributed by atoms with van der Waals surface area (Å²) >= 11 is 0. The number of imide groups is 1. The van der Waals surface area contributed by atoms with E-state index in [4.69, 9.17) is 0 Å². The number of anilines is 1. The van der Waals surface area contributed by atoms with Crippen LogP contribution in [0.25, 0.3) is 21.8 Å². The van der Waals surface area contributed by atoms with Crippen LogP contribution in [0.1, 0.15) is 12.8 Å². The molecule has 3 amide bonds. The van der Waals surface area contributed by atoms with Gasteiger partial charge in [0.05, 0.1) is 16.7 Å². The average Bonchev–Trinajstić information content (AvgIpc) is 3.00. The van der Waals surface area contributed by atoms with Crippen LogP contribution in [0.2, 0.25) is 0 Å². The van der Waals surface area contributed by atoms with Gasteiger partial charge in [-0.15, -0.1) is 0 Å². The van der Waals surface area contributed by atoms with Crippen LogP contribution in [-0.2, 0) is 14.4 Å². The van der Waals surface area contributed by atoms with Gasteiger partial charge in [-0.25, -0.2) is 0 Å². The van der Waals surface area contributed by atoms with Gasteiger partial charge in [0.1, 0.15) is 0 Å². The van der Waals surface area contributed by atoms with Crippen molar-refractivity contribution in [3.8, 4) is 0 Å². The molecule has 2 aromatic heterocycles. The SMILES string of the molecule is O=C(CCCN1C(=O)C=CC1=O)Nc1cc2cccnc2c2ncccc12. The fourth-order valence-electron chi connectivity index (χ4n) is 3.14. The normalized spacial score (nSPS) is 13.7. The van der Waals surface area contributed by atoms with Crippen molar-refractivity contribution in [2.75, 3.05) is 11.9 Å². The molecule has 1 aliphatic heterocycles. The number of fused-ring (bicyclic) bond motifs is 3. The van der Waals surface area contributed by atoms with Crippen LogP contribution in [0, 0.1) is 0 Å². The van der Waals surface area contributed by atoms with Crippen LogP contribution < -0.4 is 5.32 Å². The van der Waals surface area contributed by atoms with Gasteiger partial charge in [-0.3, -0.25) is 29.3 Å². The van der Waals surface area contributed by atoms with Crippen LogP contribution in [0.4, 0.5) is 5.69 Å². The maximum absolute atomic E-state index is 12.4. The molecule has 0 aliphatic carbocycles. The van der Waals surface area contributed by atoms with E-state index in [0.29, 0.717) is 12.1 Å². The number of benzene rings is 1. The zero-order valence-corrected chi connectivity index (χ0v) is 14.4. The number of pyridine rings is 2. The van der Waals surface area contributed by atoms with Gasteiger partial charge in [-0.2, -0.15) is 0 Å². The number of nitrogens with one attached hydrogen (secondary N) is 1. The van der Waals surface area contributed by atoms with Crippen molar-refractivity contribution in [2.45, 2.75) is 12.8 Å². The molecule has 4 rings (SSSR count). The second kappa shape index (κ2) is 6.95. The maximum atomic E-state index is 12.4. The smallest absolute Gasteiger partial charge is 0.253 e. The number of rotatable bonds is 5. The molecule has 7 heteroatoms. The van der Waals surface area contributed by atoms with Crippen LogP contribution in [-0.4, -0.2) is 39.1 Å². The molecule has 1 aromatic carbocycles. The largest absolute Gasteiger partial charge is 0.325 e. The summed E-state index contributed by atoms with van der Waals surface area (Å²) in [5.74, 6) is -0.852. The van der Waals surface area contributed by atoms with E-state index >= 15 is 0 Å². The van der Waals surface area contributed by atoms with Crippen molar-refractivity contribution in [3.05, 3.63) is 54.9 Å². The van der Waals surface area contributed by atoms with Gasteiger partial charge in [0.2, 0.25) is 5.91 Å². The minimum absolute atomic E-state index is 0.185. The minimum atomic E-state index is -0.334. The third-order valence-corrected chi connectivity index (χ3v) is 4.42. The summed E-state index contributed by atoms with van der Waals surface area (Å²) in [6, 6.07) is 9.33.